The molecule has 3 nitrogen and oxygen atoms in total. The minimum absolute atomic E-state index is 0.782. The van der Waals surface area contributed by atoms with Crippen molar-refractivity contribution in [3.8, 4) is 5.75 Å². The molecule has 0 bridgehead atoms. The number of hydrogen-bond donors (Lipinski definition) is 1. The molecule has 1 aliphatic carbocycles. The molecule has 0 spiro atoms. The van der Waals surface area contributed by atoms with Crippen LogP contribution in [-0.2, 0) is 12.8 Å². The first-order chi connectivity index (χ1) is 7.38. The molecule has 1 aliphatic heterocycles. The Hall–Kier alpha value is -1.51. The molecule has 3 heteroatoms. The first kappa shape index (κ1) is 8.77. The van der Waals surface area contributed by atoms with Gasteiger partial charge in [0.05, 0.1) is 12.3 Å². The molecule has 2 aliphatic rings. The number of oxime groups is 1. The highest BCUT2D eigenvalue weighted by Gasteiger charge is 2.21. The summed E-state index contributed by atoms with van der Waals surface area (Å²) >= 11 is 0. The van der Waals surface area contributed by atoms with Crippen LogP contribution in [0.3, 0.4) is 0 Å². The summed E-state index contributed by atoms with van der Waals surface area (Å²) in [7, 11) is 0. The molecular formula is C12H13NO2. The number of ether oxygens (including phenoxy) is 1. The van der Waals surface area contributed by atoms with E-state index in [0.29, 0.717) is 0 Å². The zero-order valence-electron chi connectivity index (χ0n) is 8.49. The fourth-order valence-electron chi connectivity index (χ4n) is 2.43. The molecular weight excluding hydrogens is 190 g/mol. The van der Waals surface area contributed by atoms with Crippen LogP contribution in [0.15, 0.2) is 17.3 Å². The molecule has 1 aromatic rings. The van der Waals surface area contributed by atoms with E-state index in [0.717, 1.165) is 49.3 Å². The van der Waals surface area contributed by atoms with Crippen LogP contribution in [-0.4, -0.2) is 17.5 Å². The van der Waals surface area contributed by atoms with E-state index in [9.17, 15) is 0 Å². The molecule has 0 unspecified atom stereocenters. The number of nitrogens with zero attached hydrogens (tertiary/aromatic N) is 1. The van der Waals surface area contributed by atoms with Gasteiger partial charge < -0.3 is 9.94 Å². The van der Waals surface area contributed by atoms with Gasteiger partial charge in [-0.15, -0.1) is 0 Å². The van der Waals surface area contributed by atoms with Crippen molar-refractivity contribution in [1.29, 1.82) is 0 Å². The Morgan fingerprint density at radius 1 is 1.13 bits per heavy atom. The van der Waals surface area contributed by atoms with Crippen LogP contribution in [0.4, 0.5) is 0 Å². The SMILES string of the molecule is O/N=C1/CCCc2cc3c(cc21)CCO3. The second-order valence-corrected chi connectivity index (χ2v) is 4.12. The Morgan fingerprint density at radius 3 is 2.93 bits per heavy atom. The Kier molecular flexibility index (Phi) is 1.91. The third-order valence-corrected chi connectivity index (χ3v) is 3.21. The Morgan fingerprint density at radius 2 is 2.07 bits per heavy atom. The maximum Gasteiger partial charge on any atom is 0.122 e. The van der Waals surface area contributed by atoms with Crippen molar-refractivity contribution in [1.82, 2.24) is 0 Å². The van der Waals surface area contributed by atoms with Crippen LogP contribution < -0.4 is 4.74 Å². The van der Waals surface area contributed by atoms with Crippen LogP contribution in [0.1, 0.15) is 29.5 Å². The molecule has 0 saturated heterocycles. The predicted octanol–water partition coefficient (Wildman–Crippen LogP) is 2.14. The van der Waals surface area contributed by atoms with Gasteiger partial charge in [0.1, 0.15) is 5.75 Å². The van der Waals surface area contributed by atoms with E-state index in [4.69, 9.17) is 9.94 Å². The maximum absolute atomic E-state index is 8.94. The van der Waals surface area contributed by atoms with E-state index in [2.05, 4.69) is 17.3 Å². The van der Waals surface area contributed by atoms with Crippen molar-refractivity contribution in [3.05, 3.63) is 28.8 Å². The average Bonchev–Trinajstić information content (AvgIpc) is 2.72. The van der Waals surface area contributed by atoms with E-state index >= 15 is 0 Å². The number of aryl methyl sites for hydroxylation is 1. The molecule has 0 radical (unpaired) electrons. The number of benzene rings is 1. The van der Waals surface area contributed by atoms with Crippen molar-refractivity contribution in [2.24, 2.45) is 5.16 Å². The van der Waals surface area contributed by atoms with Gasteiger partial charge in [0.25, 0.3) is 0 Å². The highest BCUT2D eigenvalue weighted by Crippen LogP contribution is 2.32. The quantitative estimate of drug-likeness (QED) is 0.518. The molecule has 15 heavy (non-hydrogen) atoms. The molecule has 1 heterocycles. The Labute approximate surface area is 88.4 Å². The van der Waals surface area contributed by atoms with Crippen LogP contribution in [0.2, 0.25) is 0 Å². The van der Waals surface area contributed by atoms with Gasteiger partial charge in [0, 0.05) is 12.0 Å². The number of fused-ring (bicyclic) bond motifs is 2. The van der Waals surface area contributed by atoms with E-state index in [1.165, 1.54) is 11.1 Å². The van der Waals surface area contributed by atoms with Crippen molar-refractivity contribution >= 4 is 5.71 Å². The van der Waals surface area contributed by atoms with Gasteiger partial charge in [-0.2, -0.15) is 0 Å². The lowest BCUT2D eigenvalue weighted by Gasteiger charge is -2.17. The number of hydrogen-bond acceptors (Lipinski definition) is 3. The second-order valence-electron chi connectivity index (χ2n) is 4.12. The first-order valence-corrected chi connectivity index (χ1v) is 5.38. The van der Waals surface area contributed by atoms with Gasteiger partial charge in [-0.3, -0.25) is 0 Å². The standard InChI is InChI=1S/C12H13NO2/c14-13-11-3-1-2-8-7-12-9(4-5-15-12)6-10(8)11/h6-7,14H,1-5H2/b13-11-. The van der Waals surface area contributed by atoms with Crippen LogP contribution >= 0.6 is 0 Å². The normalized spacial score (nSPS) is 20.9. The van der Waals surface area contributed by atoms with Gasteiger partial charge in [-0.1, -0.05) is 5.16 Å². The first-order valence-electron chi connectivity index (χ1n) is 5.38. The summed E-state index contributed by atoms with van der Waals surface area (Å²) in [6, 6.07) is 4.24. The fourth-order valence-corrected chi connectivity index (χ4v) is 2.43. The third kappa shape index (κ3) is 1.30. The van der Waals surface area contributed by atoms with Crippen LogP contribution in [0, 0.1) is 0 Å². The van der Waals surface area contributed by atoms with E-state index in [1.54, 1.807) is 0 Å². The summed E-state index contributed by atoms with van der Waals surface area (Å²) in [5.74, 6) is 1.02. The largest absolute Gasteiger partial charge is 0.493 e. The lowest BCUT2D eigenvalue weighted by atomic mass is 9.88. The fraction of sp³-hybridized carbons (Fsp3) is 0.417. The molecule has 78 valence electrons. The predicted molar refractivity (Wildman–Crippen MR) is 56.9 cm³/mol. The van der Waals surface area contributed by atoms with Crippen LogP contribution in [0.5, 0.6) is 5.75 Å². The molecule has 3 rings (SSSR count). The monoisotopic (exact) mass is 203 g/mol. The van der Waals surface area contributed by atoms with Gasteiger partial charge in [0.15, 0.2) is 0 Å². The topological polar surface area (TPSA) is 41.8 Å². The highest BCUT2D eigenvalue weighted by atomic mass is 16.5. The smallest absolute Gasteiger partial charge is 0.122 e. The second kappa shape index (κ2) is 3.26. The van der Waals surface area contributed by atoms with Crippen molar-refractivity contribution in [2.45, 2.75) is 25.7 Å². The van der Waals surface area contributed by atoms with E-state index in [-0.39, 0.29) is 0 Å². The molecule has 0 atom stereocenters. The third-order valence-electron chi connectivity index (χ3n) is 3.21. The molecule has 0 aromatic heterocycles. The average molecular weight is 203 g/mol. The minimum atomic E-state index is 0.782. The summed E-state index contributed by atoms with van der Waals surface area (Å²) in [6.07, 6.45) is 3.97. The van der Waals surface area contributed by atoms with E-state index in [1.807, 2.05) is 0 Å². The summed E-state index contributed by atoms with van der Waals surface area (Å²) in [4.78, 5) is 0. The van der Waals surface area contributed by atoms with Crippen molar-refractivity contribution in [2.75, 3.05) is 6.61 Å². The van der Waals surface area contributed by atoms with Gasteiger partial charge in [0.2, 0.25) is 0 Å². The lowest BCUT2D eigenvalue weighted by molar-refractivity contribution is 0.317. The van der Waals surface area contributed by atoms with Gasteiger partial charge in [-0.25, -0.2) is 0 Å². The maximum atomic E-state index is 8.94. The molecule has 1 N–H and O–H groups in total. The van der Waals surface area contributed by atoms with Crippen LogP contribution in [0.25, 0.3) is 0 Å². The zero-order chi connectivity index (χ0) is 10.3. The molecule has 0 amide bonds. The summed E-state index contributed by atoms with van der Waals surface area (Å²) in [6.45, 7) is 0.782. The van der Waals surface area contributed by atoms with Gasteiger partial charge in [-0.05, 0) is 42.5 Å². The van der Waals surface area contributed by atoms with Gasteiger partial charge >= 0.3 is 0 Å². The zero-order valence-corrected chi connectivity index (χ0v) is 8.49. The molecule has 0 saturated carbocycles. The summed E-state index contributed by atoms with van der Waals surface area (Å²) < 4.78 is 5.53. The van der Waals surface area contributed by atoms with E-state index < -0.39 is 0 Å². The highest BCUT2D eigenvalue weighted by molar-refractivity contribution is 6.02. The Balaban J connectivity index is 2.16. The molecule has 0 fully saturated rings. The lowest BCUT2D eigenvalue weighted by Crippen LogP contribution is -2.12. The Bertz CT molecular complexity index is 437. The van der Waals surface area contributed by atoms with Crippen molar-refractivity contribution < 1.29 is 9.94 Å². The summed E-state index contributed by atoms with van der Waals surface area (Å²) in [5, 5.41) is 12.3. The molecule has 1 aromatic carbocycles. The minimum Gasteiger partial charge on any atom is -0.493 e. The number of rotatable bonds is 0. The van der Waals surface area contributed by atoms with Crippen molar-refractivity contribution in [3.63, 3.8) is 0 Å². The summed E-state index contributed by atoms with van der Waals surface area (Å²) in [5.41, 5.74) is 4.45.